The summed E-state index contributed by atoms with van der Waals surface area (Å²) < 4.78 is 10.9. The Kier molecular flexibility index (Phi) is 6.61. The molecule has 0 saturated carbocycles. The fraction of sp³-hybridized carbons (Fsp3) is 0.263. The van der Waals surface area contributed by atoms with Crippen molar-refractivity contribution in [3.05, 3.63) is 52.0 Å². The van der Waals surface area contributed by atoms with Crippen LogP contribution in [0.25, 0.3) is 0 Å². The summed E-state index contributed by atoms with van der Waals surface area (Å²) in [4.78, 5) is 24.0. The second-order valence-corrected chi connectivity index (χ2v) is 6.95. The van der Waals surface area contributed by atoms with Gasteiger partial charge in [0.1, 0.15) is 13.2 Å². The normalized spacial score (nSPS) is 13.5. The van der Waals surface area contributed by atoms with E-state index in [-0.39, 0.29) is 12.6 Å². The van der Waals surface area contributed by atoms with E-state index in [0.29, 0.717) is 40.4 Å². The number of urea groups is 1. The van der Waals surface area contributed by atoms with E-state index in [2.05, 4.69) is 16.0 Å². The molecule has 0 spiro atoms. The Hall–Kier alpha value is -2.48. The average molecular weight is 424 g/mol. The number of anilines is 1. The van der Waals surface area contributed by atoms with Gasteiger partial charge in [0, 0.05) is 17.8 Å². The van der Waals surface area contributed by atoms with Crippen molar-refractivity contribution < 1.29 is 19.1 Å². The smallest absolute Gasteiger partial charge is 0.325 e. The minimum absolute atomic E-state index is 0.0457. The van der Waals surface area contributed by atoms with Crippen LogP contribution in [-0.4, -0.2) is 31.7 Å². The first-order valence-electron chi connectivity index (χ1n) is 8.61. The molecule has 7 nitrogen and oxygen atoms in total. The Morgan fingerprint density at radius 1 is 1.04 bits per heavy atom. The van der Waals surface area contributed by atoms with Gasteiger partial charge in [-0.1, -0.05) is 29.3 Å². The van der Waals surface area contributed by atoms with Gasteiger partial charge in [-0.2, -0.15) is 0 Å². The van der Waals surface area contributed by atoms with Crippen molar-refractivity contribution in [2.75, 3.05) is 25.1 Å². The van der Waals surface area contributed by atoms with E-state index < -0.39 is 11.9 Å². The minimum atomic E-state index is -0.634. The summed E-state index contributed by atoms with van der Waals surface area (Å²) in [6.07, 6.45) is 0. The van der Waals surface area contributed by atoms with Crippen LogP contribution >= 0.6 is 23.2 Å². The van der Waals surface area contributed by atoms with Crippen LogP contribution in [0.2, 0.25) is 10.0 Å². The molecule has 28 heavy (non-hydrogen) atoms. The van der Waals surface area contributed by atoms with Gasteiger partial charge < -0.3 is 20.1 Å². The number of carbonyl (C=O) groups excluding carboxylic acids is 2. The molecule has 1 heterocycles. The van der Waals surface area contributed by atoms with E-state index in [0.717, 1.165) is 5.56 Å². The molecule has 0 saturated heterocycles. The van der Waals surface area contributed by atoms with Gasteiger partial charge in [0.25, 0.3) is 0 Å². The maximum atomic E-state index is 12.0. The third-order valence-electron chi connectivity index (χ3n) is 4.07. The van der Waals surface area contributed by atoms with Gasteiger partial charge in [-0.15, -0.1) is 0 Å². The molecule has 0 radical (unpaired) electrons. The van der Waals surface area contributed by atoms with Gasteiger partial charge in [0.15, 0.2) is 11.5 Å². The van der Waals surface area contributed by atoms with Crippen LogP contribution in [0.1, 0.15) is 18.5 Å². The summed E-state index contributed by atoms with van der Waals surface area (Å²) in [5.41, 5.74) is 1.37. The third kappa shape index (κ3) is 5.28. The number of amides is 3. The lowest BCUT2D eigenvalue weighted by Crippen LogP contribution is -2.40. The first kappa shape index (κ1) is 20.3. The molecule has 148 valence electrons. The molecular weight excluding hydrogens is 405 g/mol. The molecule has 1 atom stereocenters. The summed E-state index contributed by atoms with van der Waals surface area (Å²) >= 11 is 11.9. The van der Waals surface area contributed by atoms with Crippen molar-refractivity contribution in [2.24, 2.45) is 0 Å². The molecule has 3 rings (SSSR count). The minimum Gasteiger partial charge on any atom is -0.486 e. The van der Waals surface area contributed by atoms with E-state index in [1.54, 1.807) is 30.3 Å². The second kappa shape index (κ2) is 9.14. The third-order valence-corrected chi connectivity index (χ3v) is 4.80. The molecule has 0 fully saturated rings. The summed E-state index contributed by atoms with van der Waals surface area (Å²) in [5, 5.41) is 8.78. The number of hydrogen-bond acceptors (Lipinski definition) is 5. The average Bonchev–Trinajstić information content (AvgIpc) is 2.68. The topological polar surface area (TPSA) is 88.7 Å². The predicted octanol–water partition coefficient (Wildman–Crippen LogP) is 3.76. The van der Waals surface area contributed by atoms with Gasteiger partial charge in [-0.05, 0) is 36.8 Å². The zero-order valence-electron chi connectivity index (χ0n) is 15.1. The highest BCUT2D eigenvalue weighted by molar-refractivity contribution is 6.42. The zero-order valence-corrected chi connectivity index (χ0v) is 16.6. The Labute approximate surface area is 172 Å². The summed E-state index contributed by atoms with van der Waals surface area (Å²) in [5.74, 6) is 0.697. The number of fused-ring (bicyclic) bond motifs is 1. The molecule has 0 unspecified atom stereocenters. The van der Waals surface area contributed by atoms with Gasteiger partial charge in [-0.25, -0.2) is 4.79 Å². The number of ether oxygens (including phenoxy) is 2. The first-order valence-corrected chi connectivity index (χ1v) is 9.37. The largest absolute Gasteiger partial charge is 0.486 e. The van der Waals surface area contributed by atoms with E-state index in [1.165, 1.54) is 0 Å². The van der Waals surface area contributed by atoms with Crippen molar-refractivity contribution >= 4 is 40.8 Å². The van der Waals surface area contributed by atoms with E-state index in [4.69, 9.17) is 32.7 Å². The Morgan fingerprint density at radius 2 is 1.79 bits per heavy atom. The number of carbonyl (C=O) groups is 2. The number of imide groups is 1. The standard InChI is InChI=1S/C19H19Cl2N3O4/c1-11(12-2-4-14(20)15(21)8-12)22-10-18(25)24-19(26)23-13-3-5-16-17(9-13)28-7-6-27-16/h2-5,8-9,11,22H,6-7,10H2,1H3,(H2,23,24,25,26)/t11-/m0/s1. The van der Waals surface area contributed by atoms with Crippen molar-refractivity contribution in [3.8, 4) is 11.5 Å². The van der Waals surface area contributed by atoms with Gasteiger partial charge in [-0.3, -0.25) is 10.1 Å². The van der Waals surface area contributed by atoms with Crippen LogP contribution in [0.15, 0.2) is 36.4 Å². The molecule has 2 aromatic carbocycles. The molecule has 3 amide bonds. The van der Waals surface area contributed by atoms with Gasteiger partial charge in [0.2, 0.25) is 5.91 Å². The van der Waals surface area contributed by atoms with Crippen LogP contribution in [0, 0.1) is 0 Å². The number of benzene rings is 2. The molecule has 3 N–H and O–H groups in total. The summed E-state index contributed by atoms with van der Waals surface area (Å²) in [6, 6.07) is 9.47. The predicted molar refractivity (Wildman–Crippen MR) is 107 cm³/mol. The van der Waals surface area contributed by atoms with E-state index >= 15 is 0 Å². The number of halogens is 2. The maximum absolute atomic E-state index is 12.0. The molecule has 2 aromatic rings. The highest BCUT2D eigenvalue weighted by atomic mass is 35.5. The first-order chi connectivity index (χ1) is 13.4. The molecule has 0 aromatic heterocycles. The molecule has 1 aliphatic rings. The van der Waals surface area contributed by atoms with Crippen molar-refractivity contribution in [1.29, 1.82) is 0 Å². The number of rotatable bonds is 5. The molecule has 1 aliphatic heterocycles. The fourth-order valence-corrected chi connectivity index (χ4v) is 2.91. The SMILES string of the molecule is C[C@H](NCC(=O)NC(=O)Nc1ccc2c(c1)OCCO2)c1ccc(Cl)c(Cl)c1. The summed E-state index contributed by atoms with van der Waals surface area (Å²) in [6.45, 7) is 2.77. The number of nitrogens with one attached hydrogen (secondary N) is 3. The fourth-order valence-electron chi connectivity index (χ4n) is 2.60. The van der Waals surface area contributed by atoms with Crippen LogP contribution in [0.3, 0.4) is 0 Å². The summed E-state index contributed by atoms with van der Waals surface area (Å²) in [7, 11) is 0. The van der Waals surface area contributed by atoms with Crippen LogP contribution < -0.4 is 25.4 Å². The molecular formula is C19H19Cl2N3O4. The van der Waals surface area contributed by atoms with Gasteiger partial charge in [0.05, 0.1) is 16.6 Å². The van der Waals surface area contributed by atoms with E-state index in [9.17, 15) is 9.59 Å². The molecule has 0 aliphatic carbocycles. The molecule has 0 bridgehead atoms. The Bertz CT molecular complexity index is 891. The molecule has 9 heteroatoms. The van der Waals surface area contributed by atoms with E-state index in [1.807, 2.05) is 13.0 Å². The lowest BCUT2D eigenvalue weighted by atomic mass is 10.1. The van der Waals surface area contributed by atoms with Gasteiger partial charge >= 0.3 is 6.03 Å². The zero-order chi connectivity index (χ0) is 20.1. The van der Waals surface area contributed by atoms with Crippen molar-refractivity contribution in [2.45, 2.75) is 13.0 Å². The number of hydrogen-bond donors (Lipinski definition) is 3. The van der Waals surface area contributed by atoms with Crippen LogP contribution in [0.4, 0.5) is 10.5 Å². The quantitative estimate of drug-likeness (QED) is 0.680. The lowest BCUT2D eigenvalue weighted by molar-refractivity contribution is -0.119. The second-order valence-electron chi connectivity index (χ2n) is 6.14. The highest BCUT2D eigenvalue weighted by Gasteiger charge is 2.14. The Morgan fingerprint density at radius 3 is 2.54 bits per heavy atom. The van der Waals surface area contributed by atoms with Crippen LogP contribution in [-0.2, 0) is 4.79 Å². The monoisotopic (exact) mass is 423 g/mol. The van der Waals surface area contributed by atoms with Crippen molar-refractivity contribution in [3.63, 3.8) is 0 Å². The highest BCUT2D eigenvalue weighted by Crippen LogP contribution is 2.32. The van der Waals surface area contributed by atoms with Crippen LogP contribution in [0.5, 0.6) is 11.5 Å². The Balaban J connectivity index is 1.47. The lowest BCUT2D eigenvalue weighted by Gasteiger charge is -2.19. The van der Waals surface area contributed by atoms with Crippen molar-refractivity contribution in [1.82, 2.24) is 10.6 Å². The maximum Gasteiger partial charge on any atom is 0.325 e.